The molecule has 0 saturated carbocycles. The van der Waals surface area contributed by atoms with E-state index in [9.17, 15) is 22.4 Å². The molecule has 0 saturated heterocycles. The summed E-state index contributed by atoms with van der Waals surface area (Å²) in [5.41, 5.74) is -2.40. The van der Waals surface area contributed by atoms with E-state index in [0.717, 1.165) is 19.2 Å². The molecule has 0 heterocycles. The summed E-state index contributed by atoms with van der Waals surface area (Å²) in [7, 11) is 0.936. The SMILES string of the molecule is COC(=O)c1ccc(-c2ccccc2)c(F)c1C(F)(F)F. The summed E-state index contributed by atoms with van der Waals surface area (Å²) >= 11 is 0. The number of halogens is 4. The van der Waals surface area contributed by atoms with E-state index in [1.54, 1.807) is 18.2 Å². The summed E-state index contributed by atoms with van der Waals surface area (Å²) in [4.78, 5) is 11.4. The first-order chi connectivity index (χ1) is 9.86. The topological polar surface area (TPSA) is 26.3 Å². The van der Waals surface area contributed by atoms with Gasteiger partial charge in [0.2, 0.25) is 0 Å². The molecule has 0 amide bonds. The Morgan fingerprint density at radius 1 is 1.05 bits per heavy atom. The molecule has 6 heteroatoms. The molecule has 2 aromatic carbocycles. The average Bonchev–Trinajstić information content (AvgIpc) is 2.45. The van der Waals surface area contributed by atoms with E-state index in [1.807, 2.05) is 0 Å². The highest BCUT2D eigenvalue weighted by Gasteiger charge is 2.40. The fourth-order valence-corrected chi connectivity index (χ4v) is 1.97. The van der Waals surface area contributed by atoms with Gasteiger partial charge in [-0.3, -0.25) is 0 Å². The molecule has 21 heavy (non-hydrogen) atoms. The number of esters is 1. The largest absolute Gasteiger partial charge is 0.465 e. The smallest absolute Gasteiger partial charge is 0.420 e. The van der Waals surface area contributed by atoms with E-state index < -0.39 is 29.1 Å². The second kappa shape index (κ2) is 5.55. The van der Waals surface area contributed by atoms with Crippen molar-refractivity contribution in [3.8, 4) is 11.1 Å². The summed E-state index contributed by atoms with van der Waals surface area (Å²) in [6, 6.07) is 9.83. The van der Waals surface area contributed by atoms with Crippen molar-refractivity contribution in [2.45, 2.75) is 6.18 Å². The van der Waals surface area contributed by atoms with Crippen LogP contribution < -0.4 is 0 Å². The van der Waals surface area contributed by atoms with Gasteiger partial charge in [-0.05, 0) is 11.6 Å². The molecule has 0 aliphatic rings. The maximum Gasteiger partial charge on any atom is 0.420 e. The first-order valence-electron chi connectivity index (χ1n) is 5.89. The Balaban J connectivity index is 2.71. The number of hydrogen-bond acceptors (Lipinski definition) is 2. The van der Waals surface area contributed by atoms with Crippen LogP contribution in [0.2, 0.25) is 0 Å². The van der Waals surface area contributed by atoms with Crippen molar-refractivity contribution < 1.29 is 27.1 Å². The molecule has 2 nitrogen and oxygen atoms in total. The monoisotopic (exact) mass is 298 g/mol. The highest BCUT2D eigenvalue weighted by Crippen LogP contribution is 2.38. The number of rotatable bonds is 2. The van der Waals surface area contributed by atoms with Crippen LogP contribution in [0.25, 0.3) is 11.1 Å². The Hall–Kier alpha value is -2.37. The lowest BCUT2D eigenvalue weighted by Gasteiger charge is -2.15. The molecule has 0 unspecified atom stereocenters. The molecule has 0 spiro atoms. The summed E-state index contributed by atoms with van der Waals surface area (Å²) in [5.74, 6) is -2.72. The van der Waals surface area contributed by atoms with Crippen LogP contribution in [0.4, 0.5) is 17.6 Å². The fourth-order valence-electron chi connectivity index (χ4n) is 1.97. The normalized spacial score (nSPS) is 11.3. The van der Waals surface area contributed by atoms with Gasteiger partial charge in [-0.15, -0.1) is 0 Å². The standard InChI is InChI=1S/C15H10F4O2/c1-21-14(20)11-8-7-10(9-5-3-2-4-6-9)13(16)12(11)15(17,18)19/h2-8H,1H3. The van der Waals surface area contributed by atoms with Gasteiger partial charge < -0.3 is 4.74 Å². The molecule has 2 aromatic rings. The average molecular weight is 298 g/mol. The van der Waals surface area contributed by atoms with Gasteiger partial charge in [-0.2, -0.15) is 13.2 Å². The lowest BCUT2D eigenvalue weighted by molar-refractivity contribution is -0.140. The first kappa shape index (κ1) is 15.0. The molecule has 0 N–H and O–H groups in total. The van der Waals surface area contributed by atoms with Crippen molar-refractivity contribution >= 4 is 5.97 Å². The molecule has 0 radical (unpaired) electrons. The number of carbonyl (C=O) groups is 1. The third-order valence-electron chi connectivity index (χ3n) is 2.92. The van der Waals surface area contributed by atoms with Gasteiger partial charge in [0.25, 0.3) is 0 Å². The van der Waals surface area contributed by atoms with Crippen molar-refractivity contribution in [2.75, 3.05) is 7.11 Å². The van der Waals surface area contributed by atoms with Crippen LogP contribution in [-0.4, -0.2) is 13.1 Å². The van der Waals surface area contributed by atoms with Crippen molar-refractivity contribution in [3.63, 3.8) is 0 Å². The van der Waals surface area contributed by atoms with Crippen LogP contribution >= 0.6 is 0 Å². The molecule has 0 aromatic heterocycles. The van der Waals surface area contributed by atoms with Crippen molar-refractivity contribution in [1.29, 1.82) is 0 Å². The minimum Gasteiger partial charge on any atom is -0.465 e. The van der Waals surface area contributed by atoms with Crippen LogP contribution in [-0.2, 0) is 10.9 Å². The highest BCUT2D eigenvalue weighted by atomic mass is 19.4. The van der Waals surface area contributed by atoms with E-state index in [0.29, 0.717) is 0 Å². The van der Waals surface area contributed by atoms with Gasteiger partial charge in [0.15, 0.2) is 0 Å². The molecule has 110 valence electrons. The molecule has 0 aliphatic carbocycles. The van der Waals surface area contributed by atoms with Crippen LogP contribution in [0.3, 0.4) is 0 Å². The minimum absolute atomic E-state index is 0.226. The summed E-state index contributed by atoms with van der Waals surface area (Å²) in [5, 5.41) is 0. The van der Waals surface area contributed by atoms with Gasteiger partial charge in [-0.1, -0.05) is 36.4 Å². The summed E-state index contributed by atoms with van der Waals surface area (Å²) in [6.07, 6.45) is -5.00. The molecule has 0 fully saturated rings. The zero-order chi connectivity index (χ0) is 15.6. The van der Waals surface area contributed by atoms with Gasteiger partial charge in [0.1, 0.15) is 11.4 Å². The van der Waals surface area contributed by atoms with Crippen LogP contribution in [0.5, 0.6) is 0 Å². The number of alkyl halides is 3. The Bertz CT molecular complexity index is 663. The van der Waals surface area contributed by atoms with Gasteiger partial charge in [-0.25, -0.2) is 9.18 Å². The Morgan fingerprint density at radius 3 is 2.19 bits per heavy atom. The second-order valence-corrected chi connectivity index (χ2v) is 4.21. The molecule has 0 aliphatic heterocycles. The molecule has 0 bridgehead atoms. The highest BCUT2D eigenvalue weighted by molar-refractivity contribution is 5.92. The van der Waals surface area contributed by atoms with E-state index >= 15 is 0 Å². The van der Waals surface area contributed by atoms with E-state index in [1.165, 1.54) is 12.1 Å². The van der Waals surface area contributed by atoms with Gasteiger partial charge >= 0.3 is 12.1 Å². The second-order valence-electron chi connectivity index (χ2n) is 4.21. The quantitative estimate of drug-likeness (QED) is 0.610. The maximum atomic E-state index is 14.3. The van der Waals surface area contributed by atoms with E-state index in [4.69, 9.17) is 0 Å². The Kier molecular flexibility index (Phi) is 3.97. The predicted octanol–water partition coefficient (Wildman–Crippen LogP) is 4.30. The lowest BCUT2D eigenvalue weighted by Crippen LogP contribution is -2.17. The number of ether oxygens (including phenoxy) is 1. The molecular formula is C15H10F4O2. The maximum absolute atomic E-state index is 14.3. The van der Waals surface area contributed by atoms with E-state index in [-0.39, 0.29) is 11.1 Å². The third kappa shape index (κ3) is 2.89. The lowest BCUT2D eigenvalue weighted by atomic mass is 9.97. The van der Waals surface area contributed by atoms with E-state index in [2.05, 4.69) is 4.74 Å². The molecule has 0 atom stereocenters. The van der Waals surface area contributed by atoms with Crippen molar-refractivity contribution in [1.82, 2.24) is 0 Å². The fraction of sp³-hybridized carbons (Fsp3) is 0.133. The Labute approximate surface area is 118 Å². The predicted molar refractivity (Wildman–Crippen MR) is 68.2 cm³/mol. The number of carbonyl (C=O) groups excluding carboxylic acids is 1. The van der Waals surface area contributed by atoms with Crippen molar-refractivity contribution in [3.05, 3.63) is 59.4 Å². The van der Waals surface area contributed by atoms with Gasteiger partial charge in [0, 0.05) is 5.56 Å². The number of hydrogen-bond donors (Lipinski definition) is 0. The van der Waals surface area contributed by atoms with Crippen LogP contribution in [0.1, 0.15) is 15.9 Å². The Morgan fingerprint density at radius 2 is 1.67 bits per heavy atom. The molecule has 2 rings (SSSR count). The minimum atomic E-state index is -5.00. The van der Waals surface area contributed by atoms with Crippen LogP contribution in [0.15, 0.2) is 42.5 Å². The summed E-state index contributed by atoms with van der Waals surface area (Å²) < 4.78 is 57.7. The zero-order valence-electron chi connectivity index (χ0n) is 10.9. The summed E-state index contributed by atoms with van der Waals surface area (Å²) in [6.45, 7) is 0. The van der Waals surface area contributed by atoms with Gasteiger partial charge in [0.05, 0.1) is 12.7 Å². The third-order valence-corrected chi connectivity index (χ3v) is 2.92. The van der Waals surface area contributed by atoms with Crippen molar-refractivity contribution in [2.24, 2.45) is 0 Å². The number of benzene rings is 2. The number of methoxy groups -OCH3 is 1. The first-order valence-corrected chi connectivity index (χ1v) is 5.89. The zero-order valence-corrected chi connectivity index (χ0v) is 10.9. The molecular weight excluding hydrogens is 288 g/mol. The van der Waals surface area contributed by atoms with Crippen LogP contribution in [0, 0.1) is 5.82 Å².